The van der Waals surface area contributed by atoms with Crippen LogP contribution in [-0.4, -0.2) is 35.1 Å². The molecule has 1 amide bonds. The smallest absolute Gasteiger partial charge is 0.326 e. The number of nitrogens with zero attached hydrogens (tertiary/aromatic N) is 2. The van der Waals surface area contributed by atoms with Crippen molar-refractivity contribution >= 4 is 17.7 Å². The summed E-state index contributed by atoms with van der Waals surface area (Å²) < 4.78 is 0. The number of pyridine rings is 1. The van der Waals surface area contributed by atoms with Crippen LogP contribution in [0.5, 0.6) is 0 Å². The molecule has 0 bridgehead atoms. The first-order valence-electron chi connectivity index (χ1n) is 6.70. The molecule has 6 nitrogen and oxygen atoms in total. The number of aliphatic carboxylic acids is 1. The monoisotopic (exact) mass is 277 g/mol. The van der Waals surface area contributed by atoms with E-state index in [1.165, 1.54) is 4.90 Å². The topological polar surface area (TPSA) is 96.5 Å². The fourth-order valence-corrected chi connectivity index (χ4v) is 2.42. The van der Waals surface area contributed by atoms with E-state index in [1.54, 1.807) is 20.0 Å². The summed E-state index contributed by atoms with van der Waals surface area (Å²) in [4.78, 5) is 28.7. The van der Waals surface area contributed by atoms with Gasteiger partial charge in [-0.1, -0.05) is 0 Å². The molecular weight excluding hydrogens is 258 g/mol. The zero-order valence-corrected chi connectivity index (χ0v) is 11.7. The number of anilines is 1. The van der Waals surface area contributed by atoms with E-state index in [-0.39, 0.29) is 0 Å². The van der Waals surface area contributed by atoms with Gasteiger partial charge in [0.15, 0.2) is 0 Å². The summed E-state index contributed by atoms with van der Waals surface area (Å²) in [5, 5.41) is 9.10. The number of carbonyl (C=O) groups excluding carboxylic acids is 1. The SMILES string of the molecule is CC(C(=O)O)N(C)c1nc2c(cc1C(N)=O)CCCC2. The predicted molar refractivity (Wildman–Crippen MR) is 74.9 cm³/mol. The lowest BCUT2D eigenvalue weighted by Crippen LogP contribution is -2.38. The Kier molecular flexibility index (Phi) is 3.92. The maximum Gasteiger partial charge on any atom is 0.326 e. The standard InChI is InChI=1S/C14H19N3O3/c1-8(14(19)20)17(2)13-10(12(15)18)7-9-5-3-4-6-11(9)16-13/h7-8H,3-6H2,1-2H3,(H2,15,18)(H,19,20). The highest BCUT2D eigenvalue weighted by Crippen LogP contribution is 2.27. The van der Waals surface area contributed by atoms with E-state index < -0.39 is 17.9 Å². The predicted octanol–water partition coefficient (Wildman–Crippen LogP) is 0.969. The molecule has 0 fully saturated rings. The van der Waals surface area contributed by atoms with E-state index in [9.17, 15) is 9.59 Å². The lowest BCUT2D eigenvalue weighted by molar-refractivity contribution is -0.138. The van der Waals surface area contributed by atoms with Gasteiger partial charge in [-0.15, -0.1) is 0 Å². The van der Waals surface area contributed by atoms with E-state index in [2.05, 4.69) is 4.98 Å². The van der Waals surface area contributed by atoms with Gasteiger partial charge in [-0.2, -0.15) is 0 Å². The minimum Gasteiger partial charge on any atom is -0.480 e. The molecule has 0 radical (unpaired) electrons. The number of hydrogen-bond donors (Lipinski definition) is 2. The van der Waals surface area contributed by atoms with E-state index in [1.807, 2.05) is 0 Å². The van der Waals surface area contributed by atoms with Crippen LogP contribution in [0, 0.1) is 0 Å². The highest BCUT2D eigenvalue weighted by atomic mass is 16.4. The number of carbonyl (C=O) groups is 2. The Morgan fingerprint density at radius 1 is 1.40 bits per heavy atom. The van der Waals surface area contributed by atoms with Gasteiger partial charge in [0.25, 0.3) is 5.91 Å². The van der Waals surface area contributed by atoms with E-state index in [0.29, 0.717) is 11.4 Å². The number of primary amides is 1. The Morgan fingerprint density at radius 2 is 2.05 bits per heavy atom. The molecule has 108 valence electrons. The highest BCUT2D eigenvalue weighted by molar-refractivity contribution is 5.98. The first-order chi connectivity index (χ1) is 9.41. The first kappa shape index (κ1) is 14.3. The number of likely N-dealkylation sites (N-methyl/N-ethyl adjacent to an activating group) is 1. The van der Waals surface area contributed by atoms with Gasteiger partial charge in [0.2, 0.25) is 0 Å². The number of amides is 1. The Morgan fingerprint density at radius 3 is 2.65 bits per heavy atom. The van der Waals surface area contributed by atoms with Gasteiger partial charge >= 0.3 is 5.97 Å². The molecule has 1 unspecified atom stereocenters. The summed E-state index contributed by atoms with van der Waals surface area (Å²) in [5.74, 6) is -1.19. The van der Waals surface area contributed by atoms with Crippen LogP contribution in [0.25, 0.3) is 0 Å². The Labute approximate surface area is 117 Å². The molecule has 0 aliphatic heterocycles. The van der Waals surface area contributed by atoms with Crippen molar-refractivity contribution in [3.8, 4) is 0 Å². The fourth-order valence-electron chi connectivity index (χ4n) is 2.42. The quantitative estimate of drug-likeness (QED) is 0.854. The Hall–Kier alpha value is -2.11. The molecule has 1 aromatic heterocycles. The molecule has 6 heteroatoms. The summed E-state index contributed by atoms with van der Waals surface area (Å²) in [6, 6.07) is 0.992. The van der Waals surface area contributed by atoms with Crippen molar-refractivity contribution in [2.45, 2.75) is 38.6 Å². The van der Waals surface area contributed by atoms with Crippen LogP contribution in [0.3, 0.4) is 0 Å². The number of aromatic nitrogens is 1. The molecule has 0 saturated carbocycles. The van der Waals surface area contributed by atoms with Crippen LogP contribution >= 0.6 is 0 Å². The normalized spacial score (nSPS) is 15.3. The van der Waals surface area contributed by atoms with Crippen LogP contribution in [0.2, 0.25) is 0 Å². The minimum atomic E-state index is -0.970. The molecule has 20 heavy (non-hydrogen) atoms. The molecule has 2 rings (SSSR count). The van der Waals surface area contributed by atoms with Crippen molar-refractivity contribution < 1.29 is 14.7 Å². The molecule has 0 aromatic carbocycles. The third kappa shape index (κ3) is 2.59. The fraction of sp³-hybridized carbons (Fsp3) is 0.500. The molecular formula is C14H19N3O3. The summed E-state index contributed by atoms with van der Waals surface area (Å²) in [7, 11) is 1.61. The number of nitrogens with two attached hydrogens (primary N) is 1. The Bertz CT molecular complexity index is 557. The summed E-state index contributed by atoms with van der Waals surface area (Å²) in [5.41, 5.74) is 7.69. The second kappa shape index (κ2) is 5.48. The van der Waals surface area contributed by atoms with Crippen molar-refractivity contribution in [1.82, 2.24) is 4.98 Å². The van der Waals surface area contributed by atoms with E-state index in [0.717, 1.165) is 36.9 Å². The lowest BCUT2D eigenvalue weighted by Gasteiger charge is -2.26. The summed E-state index contributed by atoms with van der Waals surface area (Å²) in [6.07, 6.45) is 3.89. The van der Waals surface area contributed by atoms with Crippen LogP contribution < -0.4 is 10.6 Å². The van der Waals surface area contributed by atoms with Gasteiger partial charge in [-0.3, -0.25) is 4.79 Å². The molecule has 1 aliphatic rings. The van der Waals surface area contributed by atoms with Gasteiger partial charge in [-0.05, 0) is 44.2 Å². The van der Waals surface area contributed by atoms with Gasteiger partial charge in [0.1, 0.15) is 11.9 Å². The van der Waals surface area contributed by atoms with Crippen LogP contribution in [0.15, 0.2) is 6.07 Å². The first-order valence-corrected chi connectivity index (χ1v) is 6.70. The molecule has 0 saturated heterocycles. The summed E-state index contributed by atoms with van der Waals surface area (Å²) >= 11 is 0. The number of rotatable bonds is 4. The van der Waals surface area contributed by atoms with Crippen molar-refractivity contribution in [3.63, 3.8) is 0 Å². The molecule has 1 aromatic rings. The third-order valence-electron chi connectivity index (χ3n) is 3.82. The average Bonchev–Trinajstić information content (AvgIpc) is 2.44. The van der Waals surface area contributed by atoms with Crippen LogP contribution in [0.1, 0.15) is 41.4 Å². The van der Waals surface area contributed by atoms with Crippen LogP contribution in [-0.2, 0) is 17.6 Å². The van der Waals surface area contributed by atoms with Gasteiger partial charge in [0, 0.05) is 12.7 Å². The summed E-state index contributed by atoms with van der Waals surface area (Å²) in [6.45, 7) is 1.55. The van der Waals surface area contributed by atoms with E-state index in [4.69, 9.17) is 10.8 Å². The molecule has 1 aliphatic carbocycles. The van der Waals surface area contributed by atoms with Crippen molar-refractivity contribution in [1.29, 1.82) is 0 Å². The zero-order valence-electron chi connectivity index (χ0n) is 11.7. The number of carboxylic acids is 1. The number of aryl methyl sites for hydroxylation is 2. The van der Waals surface area contributed by atoms with Gasteiger partial charge in [-0.25, -0.2) is 9.78 Å². The number of fused-ring (bicyclic) bond motifs is 1. The third-order valence-corrected chi connectivity index (χ3v) is 3.82. The van der Waals surface area contributed by atoms with E-state index >= 15 is 0 Å². The molecule has 1 atom stereocenters. The van der Waals surface area contributed by atoms with Crippen LogP contribution in [0.4, 0.5) is 5.82 Å². The van der Waals surface area contributed by atoms with Crippen molar-refractivity contribution in [2.75, 3.05) is 11.9 Å². The average molecular weight is 277 g/mol. The Balaban J connectivity index is 2.50. The zero-order chi connectivity index (χ0) is 14.9. The number of carboxylic acid groups (broad SMARTS) is 1. The largest absolute Gasteiger partial charge is 0.480 e. The van der Waals surface area contributed by atoms with Gasteiger partial charge in [0.05, 0.1) is 5.56 Å². The molecule has 0 spiro atoms. The molecule has 3 N–H and O–H groups in total. The minimum absolute atomic E-state index is 0.293. The van der Waals surface area contributed by atoms with Crippen molar-refractivity contribution in [3.05, 3.63) is 22.9 Å². The highest BCUT2D eigenvalue weighted by Gasteiger charge is 2.25. The lowest BCUT2D eigenvalue weighted by atomic mass is 9.94. The van der Waals surface area contributed by atoms with Crippen molar-refractivity contribution in [2.24, 2.45) is 5.73 Å². The molecule has 1 heterocycles. The van der Waals surface area contributed by atoms with Gasteiger partial charge < -0.3 is 15.7 Å². The second-order valence-corrected chi connectivity index (χ2v) is 5.16. The maximum absolute atomic E-state index is 11.6. The maximum atomic E-state index is 11.6. The number of hydrogen-bond acceptors (Lipinski definition) is 4. The second-order valence-electron chi connectivity index (χ2n) is 5.16.